The Morgan fingerprint density at radius 2 is 2.00 bits per heavy atom. The van der Waals surface area contributed by atoms with Gasteiger partial charge in [0.15, 0.2) is 0 Å². The van der Waals surface area contributed by atoms with Crippen LogP contribution >= 0.6 is 11.8 Å². The van der Waals surface area contributed by atoms with E-state index in [1.807, 2.05) is 30.3 Å². The van der Waals surface area contributed by atoms with Crippen molar-refractivity contribution < 1.29 is 10.0 Å². The summed E-state index contributed by atoms with van der Waals surface area (Å²) in [5.41, 5.74) is 1.11. The highest BCUT2D eigenvalue weighted by atomic mass is 32.2. The average Bonchev–Trinajstić information content (AvgIpc) is 2.53. The van der Waals surface area contributed by atoms with Crippen molar-refractivity contribution in [3.8, 4) is 0 Å². The van der Waals surface area contributed by atoms with Crippen molar-refractivity contribution in [3.05, 3.63) is 64.2 Å². The fourth-order valence-electron chi connectivity index (χ4n) is 2.01. The number of nitro benzene ring substituents is 1. The Labute approximate surface area is 133 Å². The maximum Gasteiger partial charge on any atom is 0.292 e. The molecule has 0 aliphatic carbocycles. The molecule has 0 fully saturated rings. The van der Waals surface area contributed by atoms with Crippen LogP contribution in [0.3, 0.4) is 0 Å². The predicted molar refractivity (Wildman–Crippen MR) is 89.3 cm³/mol. The van der Waals surface area contributed by atoms with Crippen LogP contribution in [0, 0.1) is 10.1 Å². The monoisotopic (exact) mass is 318 g/mol. The van der Waals surface area contributed by atoms with Crippen molar-refractivity contribution in [2.24, 2.45) is 0 Å². The van der Waals surface area contributed by atoms with Crippen LogP contribution < -0.4 is 5.32 Å². The van der Waals surface area contributed by atoms with E-state index in [9.17, 15) is 10.1 Å². The van der Waals surface area contributed by atoms with E-state index in [2.05, 4.69) is 12.2 Å². The topological polar surface area (TPSA) is 75.4 Å². The van der Waals surface area contributed by atoms with Gasteiger partial charge in [-0.15, -0.1) is 11.8 Å². The number of nitro groups is 1. The molecule has 2 aromatic carbocycles. The van der Waals surface area contributed by atoms with Crippen molar-refractivity contribution in [2.45, 2.75) is 23.7 Å². The zero-order valence-electron chi connectivity index (χ0n) is 12.2. The molecule has 2 aromatic rings. The molecular formula is C16H18N2O3S. The summed E-state index contributed by atoms with van der Waals surface area (Å²) in [7, 11) is 0. The SMILES string of the molecule is CC(CNc1cc(CO)ccc1[N+](=O)[O-])Sc1ccccc1. The third-order valence-electron chi connectivity index (χ3n) is 3.10. The first-order valence-electron chi connectivity index (χ1n) is 6.94. The number of aliphatic hydroxyl groups is 1. The van der Waals surface area contributed by atoms with E-state index in [0.717, 1.165) is 4.90 Å². The van der Waals surface area contributed by atoms with Gasteiger partial charge in [0.2, 0.25) is 0 Å². The smallest absolute Gasteiger partial charge is 0.292 e. The van der Waals surface area contributed by atoms with Crippen LogP contribution in [0.25, 0.3) is 0 Å². The van der Waals surface area contributed by atoms with Crippen molar-refractivity contribution in [3.63, 3.8) is 0 Å². The molecule has 0 amide bonds. The average molecular weight is 318 g/mol. The molecule has 0 heterocycles. The minimum Gasteiger partial charge on any atom is -0.392 e. The van der Waals surface area contributed by atoms with Gasteiger partial charge in [-0.2, -0.15) is 0 Å². The number of hydrogen-bond acceptors (Lipinski definition) is 5. The molecule has 0 bridgehead atoms. The second-order valence-electron chi connectivity index (χ2n) is 4.89. The molecule has 116 valence electrons. The summed E-state index contributed by atoms with van der Waals surface area (Å²) >= 11 is 1.71. The lowest BCUT2D eigenvalue weighted by molar-refractivity contribution is -0.384. The first kappa shape index (κ1) is 16.3. The normalized spacial score (nSPS) is 11.9. The highest BCUT2D eigenvalue weighted by molar-refractivity contribution is 8.00. The molecule has 0 saturated carbocycles. The van der Waals surface area contributed by atoms with Gasteiger partial charge < -0.3 is 10.4 Å². The van der Waals surface area contributed by atoms with E-state index in [4.69, 9.17) is 5.11 Å². The summed E-state index contributed by atoms with van der Waals surface area (Å²) in [6.45, 7) is 2.52. The standard InChI is InChI=1S/C16H18N2O3S/c1-12(22-14-5-3-2-4-6-14)10-17-15-9-13(11-19)7-8-16(15)18(20)21/h2-9,12,17,19H,10-11H2,1H3. The van der Waals surface area contributed by atoms with E-state index < -0.39 is 4.92 Å². The van der Waals surface area contributed by atoms with E-state index in [-0.39, 0.29) is 17.5 Å². The zero-order chi connectivity index (χ0) is 15.9. The quantitative estimate of drug-likeness (QED) is 0.463. The fourth-order valence-corrected chi connectivity index (χ4v) is 2.95. The summed E-state index contributed by atoms with van der Waals surface area (Å²) in [5, 5.41) is 23.6. The van der Waals surface area contributed by atoms with Gasteiger partial charge in [-0.05, 0) is 29.8 Å². The molecule has 0 radical (unpaired) electrons. The minimum absolute atomic E-state index is 0.0223. The summed E-state index contributed by atoms with van der Waals surface area (Å²) in [6, 6.07) is 14.6. The van der Waals surface area contributed by atoms with Gasteiger partial charge in [-0.3, -0.25) is 10.1 Å². The molecule has 0 spiro atoms. The van der Waals surface area contributed by atoms with E-state index in [1.165, 1.54) is 6.07 Å². The van der Waals surface area contributed by atoms with Crippen molar-refractivity contribution >= 4 is 23.1 Å². The molecule has 0 aliphatic heterocycles. The van der Waals surface area contributed by atoms with Gasteiger partial charge in [0.05, 0.1) is 11.5 Å². The van der Waals surface area contributed by atoms with Gasteiger partial charge >= 0.3 is 0 Å². The first-order valence-corrected chi connectivity index (χ1v) is 7.82. The van der Waals surface area contributed by atoms with Crippen molar-refractivity contribution in [2.75, 3.05) is 11.9 Å². The lowest BCUT2D eigenvalue weighted by atomic mass is 10.2. The Morgan fingerprint density at radius 3 is 2.64 bits per heavy atom. The summed E-state index contributed by atoms with van der Waals surface area (Å²) in [5.74, 6) is 0. The number of aliphatic hydroxyl groups excluding tert-OH is 1. The largest absolute Gasteiger partial charge is 0.392 e. The van der Waals surface area contributed by atoms with Crippen LogP contribution in [0.4, 0.5) is 11.4 Å². The van der Waals surface area contributed by atoms with E-state index in [1.54, 1.807) is 23.9 Å². The third kappa shape index (κ3) is 4.47. The molecule has 0 saturated heterocycles. The van der Waals surface area contributed by atoms with Crippen LogP contribution in [-0.4, -0.2) is 21.8 Å². The summed E-state index contributed by atoms with van der Waals surface area (Å²) < 4.78 is 0. The Bertz CT molecular complexity index is 635. The Kier molecular flexibility index (Phi) is 5.80. The molecule has 1 unspecified atom stereocenters. The minimum atomic E-state index is -0.418. The number of nitrogens with one attached hydrogen (secondary N) is 1. The number of benzene rings is 2. The van der Waals surface area contributed by atoms with Crippen LogP contribution in [0.1, 0.15) is 12.5 Å². The molecule has 2 rings (SSSR count). The predicted octanol–water partition coefficient (Wildman–Crippen LogP) is 3.68. The molecule has 0 aromatic heterocycles. The molecule has 2 N–H and O–H groups in total. The number of anilines is 1. The zero-order valence-corrected chi connectivity index (χ0v) is 13.0. The van der Waals surface area contributed by atoms with E-state index in [0.29, 0.717) is 17.8 Å². The number of hydrogen-bond donors (Lipinski definition) is 2. The number of rotatable bonds is 7. The molecular weight excluding hydrogens is 300 g/mol. The van der Waals surface area contributed by atoms with Crippen LogP contribution in [0.5, 0.6) is 0 Å². The van der Waals surface area contributed by atoms with Crippen LogP contribution in [-0.2, 0) is 6.61 Å². The van der Waals surface area contributed by atoms with Crippen LogP contribution in [0.2, 0.25) is 0 Å². The lowest BCUT2D eigenvalue weighted by Gasteiger charge is -2.14. The van der Waals surface area contributed by atoms with Gasteiger partial charge in [0, 0.05) is 22.8 Å². The van der Waals surface area contributed by atoms with Gasteiger partial charge in [-0.25, -0.2) is 0 Å². The number of thioether (sulfide) groups is 1. The van der Waals surface area contributed by atoms with Crippen LogP contribution in [0.15, 0.2) is 53.4 Å². The van der Waals surface area contributed by atoms with Crippen molar-refractivity contribution in [1.29, 1.82) is 0 Å². The van der Waals surface area contributed by atoms with Crippen molar-refractivity contribution in [1.82, 2.24) is 0 Å². The first-order chi connectivity index (χ1) is 10.6. The molecule has 0 aliphatic rings. The maximum absolute atomic E-state index is 11.1. The van der Waals surface area contributed by atoms with Gasteiger partial charge in [-0.1, -0.05) is 25.1 Å². The highest BCUT2D eigenvalue weighted by Gasteiger charge is 2.15. The summed E-state index contributed by atoms with van der Waals surface area (Å²) in [6.07, 6.45) is 0. The molecule has 22 heavy (non-hydrogen) atoms. The lowest BCUT2D eigenvalue weighted by Crippen LogP contribution is -2.14. The second-order valence-corrected chi connectivity index (χ2v) is 6.40. The Hall–Kier alpha value is -2.05. The fraction of sp³-hybridized carbons (Fsp3) is 0.250. The third-order valence-corrected chi connectivity index (χ3v) is 4.21. The van der Waals surface area contributed by atoms with Gasteiger partial charge in [0.1, 0.15) is 5.69 Å². The Balaban J connectivity index is 2.02. The van der Waals surface area contributed by atoms with E-state index >= 15 is 0 Å². The highest BCUT2D eigenvalue weighted by Crippen LogP contribution is 2.27. The second kappa shape index (κ2) is 7.82. The molecule has 5 nitrogen and oxygen atoms in total. The number of nitrogens with zero attached hydrogens (tertiary/aromatic N) is 1. The summed E-state index contributed by atoms with van der Waals surface area (Å²) in [4.78, 5) is 11.8. The maximum atomic E-state index is 11.1. The molecule has 1 atom stereocenters. The Morgan fingerprint density at radius 1 is 1.27 bits per heavy atom. The molecule has 6 heteroatoms. The van der Waals surface area contributed by atoms with Gasteiger partial charge in [0.25, 0.3) is 5.69 Å².